The van der Waals surface area contributed by atoms with E-state index in [9.17, 15) is 0 Å². The molecule has 0 bridgehead atoms. The van der Waals surface area contributed by atoms with E-state index in [1.807, 2.05) is 0 Å². The van der Waals surface area contributed by atoms with Crippen LogP contribution in [-0.4, -0.2) is 10.1 Å². The first-order valence-corrected chi connectivity index (χ1v) is 3.20. The van der Waals surface area contributed by atoms with E-state index in [2.05, 4.69) is 12.2 Å². The van der Waals surface area contributed by atoms with Crippen molar-refractivity contribution in [1.82, 2.24) is 0 Å². The Morgan fingerprint density at radius 1 is 1.40 bits per heavy atom. The highest BCUT2D eigenvalue weighted by Crippen LogP contribution is 2.14. The summed E-state index contributed by atoms with van der Waals surface area (Å²) in [6.45, 7) is 0. The molecule has 1 aromatic rings. The second-order valence-corrected chi connectivity index (χ2v) is 2.32. The fraction of sp³-hybridized carbons (Fsp3) is 0. The number of phenols is 1. The Morgan fingerprint density at radius 3 is 2.40 bits per heavy atom. The van der Waals surface area contributed by atoms with Crippen LogP contribution in [0.4, 0.5) is 0 Å². The van der Waals surface area contributed by atoms with Crippen LogP contribution in [0, 0.1) is 0 Å². The third-order valence-electron chi connectivity index (χ3n) is 1.17. The molecular formula is C7H7NOS. The molecule has 0 aliphatic carbocycles. The minimum atomic E-state index is 0.134. The lowest BCUT2D eigenvalue weighted by Crippen LogP contribution is -2.08. The second-order valence-electron chi connectivity index (χ2n) is 1.88. The first-order chi connectivity index (χ1) is 4.72. The van der Waals surface area contributed by atoms with E-state index in [1.54, 1.807) is 24.3 Å². The molecular weight excluding hydrogens is 146 g/mol. The molecule has 3 N–H and O–H groups in total. The maximum absolute atomic E-state index is 9.11. The highest BCUT2D eigenvalue weighted by atomic mass is 32.1. The smallest absolute Gasteiger partial charge is 0.125 e. The van der Waals surface area contributed by atoms with Crippen molar-refractivity contribution < 1.29 is 5.11 Å². The molecule has 0 aliphatic rings. The van der Waals surface area contributed by atoms with Crippen molar-refractivity contribution in [3.8, 4) is 5.75 Å². The van der Waals surface area contributed by atoms with Gasteiger partial charge in [-0.1, -0.05) is 24.4 Å². The number of nitrogens with two attached hydrogens (primary N) is 1. The number of rotatable bonds is 1. The Labute approximate surface area is 64.3 Å². The van der Waals surface area contributed by atoms with Crippen molar-refractivity contribution in [3.63, 3.8) is 0 Å². The molecule has 1 aromatic carbocycles. The van der Waals surface area contributed by atoms with Gasteiger partial charge in [0.2, 0.25) is 0 Å². The van der Waals surface area contributed by atoms with E-state index in [0.717, 1.165) is 0 Å². The Kier molecular flexibility index (Phi) is 1.87. The summed E-state index contributed by atoms with van der Waals surface area (Å²) in [6, 6.07) is 6.72. The van der Waals surface area contributed by atoms with Crippen LogP contribution in [-0.2, 0) is 0 Å². The number of phenolic OH excluding ortho intramolecular Hbond substituents is 1. The zero-order valence-electron chi connectivity index (χ0n) is 5.24. The fourth-order valence-electron chi connectivity index (χ4n) is 0.682. The van der Waals surface area contributed by atoms with Crippen molar-refractivity contribution in [2.24, 2.45) is 5.73 Å². The lowest BCUT2D eigenvalue weighted by atomic mass is 10.2. The number of thiocarbonyl (C=S) groups is 1. The first kappa shape index (κ1) is 7.02. The number of hydrogen-bond acceptors (Lipinski definition) is 2. The number of aromatic hydroxyl groups is 1. The molecule has 0 aliphatic heterocycles. The SMILES string of the molecule is NC(=S)c1ccccc1O. The molecule has 0 atom stereocenters. The van der Waals surface area contributed by atoms with E-state index in [0.29, 0.717) is 5.56 Å². The zero-order chi connectivity index (χ0) is 7.56. The summed E-state index contributed by atoms with van der Waals surface area (Å²) < 4.78 is 0. The quantitative estimate of drug-likeness (QED) is 0.592. The third kappa shape index (κ3) is 1.25. The monoisotopic (exact) mass is 153 g/mol. The lowest BCUT2D eigenvalue weighted by Gasteiger charge is -1.98. The maximum Gasteiger partial charge on any atom is 0.125 e. The van der Waals surface area contributed by atoms with Gasteiger partial charge in [-0.2, -0.15) is 0 Å². The highest BCUT2D eigenvalue weighted by molar-refractivity contribution is 7.80. The molecule has 0 heterocycles. The molecule has 0 saturated carbocycles. The van der Waals surface area contributed by atoms with Crippen molar-refractivity contribution in [2.75, 3.05) is 0 Å². The minimum absolute atomic E-state index is 0.134. The van der Waals surface area contributed by atoms with Crippen LogP contribution in [0.15, 0.2) is 24.3 Å². The average molecular weight is 153 g/mol. The largest absolute Gasteiger partial charge is 0.507 e. The van der Waals surface area contributed by atoms with Gasteiger partial charge < -0.3 is 10.8 Å². The summed E-state index contributed by atoms with van der Waals surface area (Å²) in [5.74, 6) is 0.134. The van der Waals surface area contributed by atoms with Gasteiger partial charge >= 0.3 is 0 Å². The van der Waals surface area contributed by atoms with E-state index >= 15 is 0 Å². The van der Waals surface area contributed by atoms with Gasteiger partial charge in [0.05, 0.1) is 5.56 Å². The van der Waals surface area contributed by atoms with E-state index < -0.39 is 0 Å². The van der Waals surface area contributed by atoms with Crippen LogP contribution in [0.1, 0.15) is 5.56 Å². The minimum Gasteiger partial charge on any atom is -0.507 e. The Bertz CT molecular complexity index is 260. The van der Waals surface area contributed by atoms with Crippen LogP contribution >= 0.6 is 12.2 Å². The van der Waals surface area contributed by atoms with Gasteiger partial charge in [0.1, 0.15) is 10.7 Å². The van der Waals surface area contributed by atoms with Gasteiger partial charge in [0, 0.05) is 0 Å². The Balaban J connectivity index is 3.15. The van der Waals surface area contributed by atoms with Gasteiger partial charge in [0.25, 0.3) is 0 Å². The summed E-state index contributed by atoms with van der Waals surface area (Å²) in [6.07, 6.45) is 0. The van der Waals surface area contributed by atoms with Gasteiger partial charge in [-0.25, -0.2) is 0 Å². The normalized spacial score (nSPS) is 9.20. The Morgan fingerprint density at radius 2 is 2.00 bits per heavy atom. The molecule has 0 fully saturated rings. The molecule has 0 spiro atoms. The van der Waals surface area contributed by atoms with E-state index in [1.165, 1.54) is 0 Å². The van der Waals surface area contributed by atoms with Crippen LogP contribution < -0.4 is 5.73 Å². The first-order valence-electron chi connectivity index (χ1n) is 2.79. The lowest BCUT2D eigenvalue weighted by molar-refractivity contribution is 0.474. The fourth-order valence-corrected chi connectivity index (χ4v) is 0.855. The van der Waals surface area contributed by atoms with Gasteiger partial charge in [0.15, 0.2) is 0 Å². The molecule has 0 aromatic heterocycles. The van der Waals surface area contributed by atoms with Crippen molar-refractivity contribution in [3.05, 3.63) is 29.8 Å². The second kappa shape index (κ2) is 2.66. The summed E-state index contributed by atoms with van der Waals surface area (Å²) in [4.78, 5) is 0.220. The van der Waals surface area contributed by atoms with E-state index in [-0.39, 0.29) is 10.7 Å². The average Bonchev–Trinajstić information content (AvgIpc) is 1.88. The van der Waals surface area contributed by atoms with Crippen LogP contribution in [0.5, 0.6) is 5.75 Å². The zero-order valence-corrected chi connectivity index (χ0v) is 6.06. The molecule has 0 radical (unpaired) electrons. The number of hydrogen-bond donors (Lipinski definition) is 2. The predicted molar refractivity (Wildman–Crippen MR) is 44.0 cm³/mol. The molecule has 0 unspecified atom stereocenters. The van der Waals surface area contributed by atoms with Crippen LogP contribution in [0.3, 0.4) is 0 Å². The summed E-state index contributed by atoms with van der Waals surface area (Å²) in [5, 5.41) is 9.11. The third-order valence-corrected chi connectivity index (χ3v) is 1.39. The van der Waals surface area contributed by atoms with Crippen molar-refractivity contribution >= 4 is 17.2 Å². The number of para-hydroxylation sites is 1. The van der Waals surface area contributed by atoms with Gasteiger partial charge in [-0.15, -0.1) is 0 Å². The molecule has 1 rings (SSSR count). The molecule has 52 valence electrons. The topological polar surface area (TPSA) is 46.2 Å². The standard InChI is InChI=1S/C7H7NOS/c8-7(10)5-3-1-2-4-6(5)9/h1-4,9H,(H2,8,10). The van der Waals surface area contributed by atoms with Crippen LogP contribution in [0.2, 0.25) is 0 Å². The predicted octanol–water partition coefficient (Wildman–Crippen LogP) is 1.03. The van der Waals surface area contributed by atoms with Crippen molar-refractivity contribution in [2.45, 2.75) is 0 Å². The van der Waals surface area contributed by atoms with Crippen molar-refractivity contribution in [1.29, 1.82) is 0 Å². The highest BCUT2D eigenvalue weighted by Gasteiger charge is 1.99. The molecule has 10 heavy (non-hydrogen) atoms. The summed E-state index contributed by atoms with van der Waals surface area (Å²) in [5.41, 5.74) is 5.81. The maximum atomic E-state index is 9.11. The summed E-state index contributed by atoms with van der Waals surface area (Å²) >= 11 is 4.67. The molecule has 0 amide bonds. The molecule has 2 nitrogen and oxygen atoms in total. The van der Waals surface area contributed by atoms with Gasteiger partial charge in [-0.3, -0.25) is 0 Å². The van der Waals surface area contributed by atoms with E-state index in [4.69, 9.17) is 10.8 Å². The molecule has 0 saturated heterocycles. The van der Waals surface area contributed by atoms with Gasteiger partial charge in [-0.05, 0) is 12.1 Å². The Hall–Kier alpha value is -1.09. The number of benzene rings is 1. The molecule has 3 heteroatoms. The van der Waals surface area contributed by atoms with Crippen LogP contribution in [0.25, 0.3) is 0 Å². The summed E-state index contributed by atoms with van der Waals surface area (Å²) in [7, 11) is 0.